The van der Waals surface area contributed by atoms with Crippen molar-refractivity contribution in [3.63, 3.8) is 0 Å². The molecule has 0 saturated heterocycles. The zero-order valence-corrected chi connectivity index (χ0v) is 30.3. The number of nitrogens with zero attached hydrogens (tertiary/aromatic N) is 4. The number of hydrogen-bond donors (Lipinski definition) is 0. The summed E-state index contributed by atoms with van der Waals surface area (Å²) in [6, 6.07) is 65.8. The van der Waals surface area contributed by atoms with Crippen LogP contribution < -0.4 is 0 Å². The van der Waals surface area contributed by atoms with Crippen LogP contribution in [0.25, 0.3) is 98.9 Å². The van der Waals surface area contributed by atoms with Gasteiger partial charge in [0.25, 0.3) is 0 Å². The minimum Gasteiger partial charge on any atom is -0.264 e. The van der Waals surface area contributed by atoms with Gasteiger partial charge in [-0.05, 0) is 95.3 Å². The van der Waals surface area contributed by atoms with E-state index in [-0.39, 0.29) is 0 Å². The minimum atomic E-state index is 0.603. The van der Waals surface area contributed by atoms with E-state index >= 15 is 0 Å². The quantitative estimate of drug-likeness (QED) is 0.182. The molecule has 0 N–H and O–H groups in total. The molecule has 10 aromatic rings. The lowest BCUT2D eigenvalue weighted by molar-refractivity contribution is 1.18. The zero-order chi connectivity index (χ0) is 37.4. The summed E-state index contributed by atoms with van der Waals surface area (Å²) >= 11 is 0. The second kappa shape index (κ2) is 13.9. The van der Waals surface area contributed by atoms with Crippen molar-refractivity contribution < 1.29 is 0 Å². The molecule has 0 unspecified atom stereocenters. The molecular formula is C52H32N4. The molecule has 0 fully saturated rings. The number of hydrogen-bond acceptors (Lipinski definition) is 4. The van der Waals surface area contributed by atoms with E-state index in [9.17, 15) is 5.26 Å². The summed E-state index contributed by atoms with van der Waals surface area (Å²) in [4.78, 5) is 14.8. The number of aromatic nitrogens is 3. The van der Waals surface area contributed by atoms with E-state index in [2.05, 4.69) is 157 Å². The maximum Gasteiger partial charge on any atom is 0.160 e. The molecular weight excluding hydrogens is 681 g/mol. The second-order valence-corrected chi connectivity index (χ2v) is 13.9. The maximum atomic E-state index is 9.51. The topological polar surface area (TPSA) is 62.5 Å². The number of nitriles is 1. The third-order valence-corrected chi connectivity index (χ3v) is 10.6. The van der Waals surface area contributed by atoms with Gasteiger partial charge >= 0.3 is 0 Å². The lowest BCUT2D eigenvalue weighted by Crippen LogP contribution is -1.96. The summed E-state index contributed by atoms with van der Waals surface area (Å²) in [6.07, 6.45) is 3.66. The molecule has 2 aromatic heterocycles. The van der Waals surface area contributed by atoms with Crippen LogP contribution in [0.2, 0.25) is 0 Å². The van der Waals surface area contributed by atoms with Gasteiger partial charge in [-0.1, -0.05) is 152 Å². The maximum absolute atomic E-state index is 9.51. The standard InChI is InChI=1S/C52H32N4/c53-32-34-19-21-36(22-20-34)50-31-51(37-25-23-35(24-26-37)39-10-9-29-54-33-39)56-52(55-50)38-27-28-48-46-17-6-5-15-44(46)42-13-2-1-11-40(42)41-12-3-4-14-43(41)45-16-7-8-18-47(45)49(48)30-38/h1-31,33H. The molecule has 0 radical (unpaired) electrons. The number of fused-ring (bicyclic) bond motifs is 10. The van der Waals surface area contributed by atoms with E-state index in [1.165, 1.54) is 26.9 Å². The molecule has 4 heteroatoms. The van der Waals surface area contributed by atoms with Gasteiger partial charge in [-0.15, -0.1) is 0 Å². The molecule has 0 spiro atoms. The Labute approximate surface area is 324 Å². The molecule has 0 amide bonds. The number of pyridine rings is 1. The van der Waals surface area contributed by atoms with Crippen LogP contribution in [-0.4, -0.2) is 15.0 Å². The van der Waals surface area contributed by atoms with E-state index in [1.54, 1.807) is 6.20 Å². The Morgan fingerprint density at radius 1 is 0.339 bits per heavy atom. The summed E-state index contributed by atoms with van der Waals surface area (Å²) in [5.41, 5.74) is 7.13. The van der Waals surface area contributed by atoms with Gasteiger partial charge in [-0.25, -0.2) is 9.97 Å². The van der Waals surface area contributed by atoms with E-state index in [4.69, 9.17) is 9.97 Å². The molecule has 8 aromatic carbocycles. The fourth-order valence-electron chi connectivity index (χ4n) is 7.91. The van der Waals surface area contributed by atoms with Crippen LogP contribution in [0, 0.1) is 11.3 Å². The van der Waals surface area contributed by atoms with Gasteiger partial charge < -0.3 is 0 Å². The fraction of sp³-hybridized carbons (Fsp3) is 0. The van der Waals surface area contributed by atoms with Crippen molar-refractivity contribution in [2.24, 2.45) is 0 Å². The summed E-state index contributed by atoms with van der Waals surface area (Å²) in [5.74, 6) is 0.620. The minimum absolute atomic E-state index is 0.603. The van der Waals surface area contributed by atoms with Crippen LogP contribution >= 0.6 is 0 Å². The smallest absolute Gasteiger partial charge is 0.160 e. The second-order valence-electron chi connectivity index (χ2n) is 13.9. The van der Waals surface area contributed by atoms with Crippen LogP contribution in [0.1, 0.15) is 5.56 Å². The van der Waals surface area contributed by atoms with Gasteiger partial charge in [0.15, 0.2) is 5.82 Å². The average molecular weight is 713 g/mol. The molecule has 0 saturated carbocycles. The summed E-state index contributed by atoms with van der Waals surface area (Å²) in [6.45, 7) is 0. The normalized spacial score (nSPS) is 11.2. The first kappa shape index (κ1) is 32.9. The monoisotopic (exact) mass is 712 g/mol. The van der Waals surface area contributed by atoms with Crippen molar-refractivity contribution in [2.45, 2.75) is 0 Å². The molecule has 4 nitrogen and oxygen atoms in total. The van der Waals surface area contributed by atoms with Gasteiger partial charge in [0.1, 0.15) is 0 Å². The Morgan fingerprint density at radius 3 is 1.20 bits per heavy atom. The van der Waals surface area contributed by atoms with Crippen molar-refractivity contribution >= 4 is 53.9 Å². The molecule has 0 aliphatic carbocycles. The molecule has 0 aliphatic heterocycles. The Balaban J connectivity index is 1.27. The first-order valence-corrected chi connectivity index (χ1v) is 18.6. The predicted molar refractivity (Wildman–Crippen MR) is 231 cm³/mol. The molecule has 260 valence electrons. The van der Waals surface area contributed by atoms with Crippen LogP contribution in [-0.2, 0) is 0 Å². The van der Waals surface area contributed by atoms with Gasteiger partial charge in [-0.2, -0.15) is 5.26 Å². The number of benzene rings is 7. The Bertz CT molecular complexity index is 3160. The Hall–Kier alpha value is -7.74. The molecule has 0 atom stereocenters. The molecule has 10 rings (SSSR count). The Kier molecular flexibility index (Phi) is 8.17. The average Bonchev–Trinajstić information content (AvgIpc) is 3.29. The zero-order valence-electron chi connectivity index (χ0n) is 30.3. The SMILES string of the molecule is N#Cc1ccc(-c2cc(-c3ccc(-c4cccnc4)cc3)nc(-c3ccc4c5ccccc5c5ccccc5c5ccccc5c5ccccc5c4c3)n2)cc1. The molecule has 0 aliphatic rings. The third kappa shape index (κ3) is 5.85. The van der Waals surface area contributed by atoms with Gasteiger partial charge in [0.2, 0.25) is 0 Å². The highest BCUT2D eigenvalue weighted by Crippen LogP contribution is 2.38. The number of rotatable bonds is 4. The fourth-order valence-corrected chi connectivity index (χ4v) is 7.91. The van der Waals surface area contributed by atoms with E-state index < -0.39 is 0 Å². The molecule has 56 heavy (non-hydrogen) atoms. The summed E-state index contributed by atoms with van der Waals surface area (Å²) < 4.78 is 0. The highest BCUT2D eigenvalue weighted by atomic mass is 14.9. The summed E-state index contributed by atoms with van der Waals surface area (Å²) in [5, 5.41) is 21.2. The highest BCUT2D eigenvalue weighted by Gasteiger charge is 2.14. The lowest BCUT2D eigenvalue weighted by atomic mass is 9.93. The summed E-state index contributed by atoms with van der Waals surface area (Å²) in [7, 11) is 0. The van der Waals surface area contributed by atoms with Crippen LogP contribution in [0.4, 0.5) is 0 Å². The molecule has 2 heterocycles. The van der Waals surface area contributed by atoms with Gasteiger partial charge in [0.05, 0.1) is 23.0 Å². The van der Waals surface area contributed by atoms with Crippen molar-refractivity contribution in [2.75, 3.05) is 0 Å². The largest absolute Gasteiger partial charge is 0.264 e. The van der Waals surface area contributed by atoms with Gasteiger partial charge in [-0.3, -0.25) is 4.98 Å². The first-order valence-electron chi connectivity index (χ1n) is 18.6. The Morgan fingerprint density at radius 2 is 0.750 bits per heavy atom. The predicted octanol–water partition coefficient (Wildman–Crippen LogP) is 13.3. The van der Waals surface area contributed by atoms with Crippen LogP contribution in [0.3, 0.4) is 0 Å². The van der Waals surface area contributed by atoms with Crippen LogP contribution in [0.5, 0.6) is 0 Å². The van der Waals surface area contributed by atoms with E-state index in [0.717, 1.165) is 66.1 Å². The van der Waals surface area contributed by atoms with Crippen molar-refractivity contribution in [1.29, 1.82) is 5.26 Å². The van der Waals surface area contributed by atoms with Crippen molar-refractivity contribution in [3.05, 3.63) is 200 Å². The van der Waals surface area contributed by atoms with Crippen LogP contribution in [0.15, 0.2) is 194 Å². The van der Waals surface area contributed by atoms with E-state index in [0.29, 0.717) is 11.4 Å². The van der Waals surface area contributed by atoms with Crippen molar-refractivity contribution in [1.82, 2.24) is 15.0 Å². The van der Waals surface area contributed by atoms with Crippen molar-refractivity contribution in [3.8, 4) is 51.1 Å². The lowest BCUT2D eigenvalue weighted by Gasteiger charge is -2.12. The first-order chi connectivity index (χ1) is 27.7. The highest BCUT2D eigenvalue weighted by molar-refractivity contribution is 6.26. The third-order valence-electron chi connectivity index (χ3n) is 10.6. The van der Waals surface area contributed by atoms with E-state index in [1.807, 2.05) is 42.6 Å². The molecule has 0 bridgehead atoms. The van der Waals surface area contributed by atoms with Gasteiger partial charge in [0, 0.05) is 29.1 Å².